The molecule has 2 N–H and O–H groups in total. The van der Waals surface area contributed by atoms with Crippen LogP contribution in [0.25, 0.3) is 0 Å². The standard InChI is InChI=1S/C21H16FN3O4S/c1-13(26)23-16-5-7-17(8-6-16)24-21(27)14-2-11-20(19(12-14)25(28)29)30-18-9-3-15(22)4-10-18/h2-12H,1H3,(H,23,26)(H,24,27). The number of hydrogen-bond acceptors (Lipinski definition) is 5. The Kier molecular flexibility index (Phi) is 6.43. The van der Waals surface area contributed by atoms with Gasteiger partial charge in [-0.1, -0.05) is 11.8 Å². The first-order valence-corrected chi connectivity index (χ1v) is 9.54. The Morgan fingerprint density at radius 2 is 1.53 bits per heavy atom. The normalized spacial score (nSPS) is 10.3. The van der Waals surface area contributed by atoms with Gasteiger partial charge in [0.15, 0.2) is 0 Å². The molecule has 3 aromatic rings. The molecule has 7 nitrogen and oxygen atoms in total. The molecule has 0 saturated heterocycles. The minimum absolute atomic E-state index is 0.121. The van der Waals surface area contributed by atoms with E-state index in [0.717, 1.165) is 11.8 Å². The van der Waals surface area contributed by atoms with Crippen LogP contribution in [-0.2, 0) is 4.79 Å². The molecule has 0 aliphatic carbocycles. The molecule has 2 amide bonds. The lowest BCUT2D eigenvalue weighted by molar-refractivity contribution is -0.387. The van der Waals surface area contributed by atoms with Crippen molar-refractivity contribution in [3.63, 3.8) is 0 Å². The van der Waals surface area contributed by atoms with Crippen molar-refractivity contribution in [2.75, 3.05) is 10.6 Å². The summed E-state index contributed by atoms with van der Waals surface area (Å²) in [5.41, 5.74) is 0.953. The summed E-state index contributed by atoms with van der Waals surface area (Å²) in [5, 5.41) is 16.8. The van der Waals surface area contributed by atoms with Crippen LogP contribution in [0.4, 0.5) is 21.5 Å². The summed E-state index contributed by atoms with van der Waals surface area (Å²) in [4.78, 5) is 35.5. The third-order valence-electron chi connectivity index (χ3n) is 3.92. The number of carbonyl (C=O) groups excluding carboxylic acids is 2. The van der Waals surface area contributed by atoms with E-state index in [1.807, 2.05) is 0 Å². The number of nitrogens with one attached hydrogen (secondary N) is 2. The highest BCUT2D eigenvalue weighted by atomic mass is 32.2. The molecule has 3 aromatic carbocycles. The average Bonchev–Trinajstić information content (AvgIpc) is 2.71. The second kappa shape index (κ2) is 9.19. The van der Waals surface area contributed by atoms with Crippen molar-refractivity contribution in [1.29, 1.82) is 0 Å². The molecule has 0 saturated carbocycles. The maximum Gasteiger partial charge on any atom is 0.284 e. The van der Waals surface area contributed by atoms with Gasteiger partial charge in [0.05, 0.1) is 9.82 Å². The average molecular weight is 425 g/mol. The number of halogens is 1. The molecule has 0 spiro atoms. The number of rotatable bonds is 6. The molecule has 152 valence electrons. The van der Waals surface area contributed by atoms with Gasteiger partial charge in [-0.3, -0.25) is 19.7 Å². The largest absolute Gasteiger partial charge is 0.326 e. The first kappa shape index (κ1) is 21.0. The summed E-state index contributed by atoms with van der Waals surface area (Å²) in [6.07, 6.45) is 0. The molecule has 9 heteroatoms. The lowest BCUT2D eigenvalue weighted by Gasteiger charge is -2.08. The molecule has 0 unspecified atom stereocenters. The Morgan fingerprint density at radius 1 is 0.933 bits per heavy atom. The van der Waals surface area contributed by atoms with Crippen LogP contribution in [0.15, 0.2) is 76.5 Å². The van der Waals surface area contributed by atoms with Gasteiger partial charge in [0, 0.05) is 34.8 Å². The van der Waals surface area contributed by atoms with E-state index in [-0.39, 0.29) is 17.2 Å². The Bertz CT molecular complexity index is 1100. The van der Waals surface area contributed by atoms with E-state index in [0.29, 0.717) is 21.2 Å². The SMILES string of the molecule is CC(=O)Nc1ccc(NC(=O)c2ccc(Sc3ccc(F)cc3)c([N+](=O)[O-])c2)cc1. The third kappa shape index (κ3) is 5.42. The number of anilines is 2. The van der Waals surface area contributed by atoms with Crippen molar-refractivity contribution < 1.29 is 18.9 Å². The monoisotopic (exact) mass is 425 g/mol. The summed E-state index contributed by atoms with van der Waals surface area (Å²) in [5.74, 6) is -1.12. The molecular formula is C21H16FN3O4S. The van der Waals surface area contributed by atoms with Crippen LogP contribution in [-0.4, -0.2) is 16.7 Å². The van der Waals surface area contributed by atoms with Crippen LogP contribution in [0.3, 0.4) is 0 Å². The maximum atomic E-state index is 13.1. The Hall–Kier alpha value is -3.72. The molecule has 0 bridgehead atoms. The van der Waals surface area contributed by atoms with Crippen LogP contribution in [0.2, 0.25) is 0 Å². The van der Waals surface area contributed by atoms with Gasteiger partial charge in [-0.2, -0.15) is 0 Å². The number of nitro groups is 1. The second-order valence-corrected chi connectivity index (χ2v) is 7.32. The number of carbonyl (C=O) groups is 2. The van der Waals surface area contributed by atoms with Gasteiger partial charge in [-0.15, -0.1) is 0 Å². The molecule has 3 rings (SSSR count). The molecule has 0 fully saturated rings. The van der Waals surface area contributed by atoms with Crippen LogP contribution < -0.4 is 10.6 Å². The van der Waals surface area contributed by atoms with Gasteiger partial charge >= 0.3 is 0 Å². The topological polar surface area (TPSA) is 101 Å². The summed E-state index contributed by atoms with van der Waals surface area (Å²) in [6, 6.07) is 16.2. The zero-order chi connectivity index (χ0) is 21.7. The Labute approximate surface area is 175 Å². The van der Waals surface area contributed by atoms with Gasteiger partial charge in [-0.05, 0) is 60.7 Å². The van der Waals surface area contributed by atoms with Crippen molar-refractivity contribution in [2.45, 2.75) is 16.7 Å². The van der Waals surface area contributed by atoms with Crippen molar-refractivity contribution >= 4 is 40.6 Å². The van der Waals surface area contributed by atoms with E-state index in [2.05, 4.69) is 10.6 Å². The fraction of sp³-hybridized carbons (Fsp3) is 0.0476. The lowest BCUT2D eigenvalue weighted by Crippen LogP contribution is -2.12. The summed E-state index contributed by atoms with van der Waals surface area (Å²) in [6.45, 7) is 1.39. The van der Waals surface area contributed by atoms with Crippen LogP contribution in [0.5, 0.6) is 0 Å². The number of nitro benzene ring substituents is 1. The van der Waals surface area contributed by atoms with Gasteiger partial charge < -0.3 is 10.6 Å². The minimum Gasteiger partial charge on any atom is -0.326 e. The number of hydrogen-bond donors (Lipinski definition) is 2. The van der Waals surface area contributed by atoms with E-state index in [9.17, 15) is 24.1 Å². The zero-order valence-electron chi connectivity index (χ0n) is 15.7. The molecule has 0 heterocycles. The highest BCUT2D eigenvalue weighted by Gasteiger charge is 2.19. The Balaban J connectivity index is 1.77. The molecule has 0 aliphatic heterocycles. The van der Waals surface area contributed by atoms with E-state index in [1.54, 1.807) is 24.3 Å². The first-order valence-electron chi connectivity index (χ1n) is 8.73. The smallest absolute Gasteiger partial charge is 0.284 e. The molecule has 0 aromatic heterocycles. The van der Waals surface area contributed by atoms with E-state index < -0.39 is 16.6 Å². The number of benzene rings is 3. The lowest BCUT2D eigenvalue weighted by atomic mass is 10.2. The number of nitrogens with zero attached hydrogens (tertiary/aromatic N) is 1. The second-order valence-electron chi connectivity index (χ2n) is 6.21. The molecular weight excluding hydrogens is 409 g/mol. The van der Waals surface area contributed by atoms with Crippen molar-refractivity contribution in [3.05, 3.63) is 88.2 Å². The minimum atomic E-state index is -0.565. The number of amides is 2. The van der Waals surface area contributed by atoms with Crippen LogP contribution in [0, 0.1) is 15.9 Å². The van der Waals surface area contributed by atoms with E-state index in [1.165, 1.54) is 49.4 Å². The van der Waals surface area contributed by atoms with Gasteiger partial charge in [-0.25, -0.2) is 4.39 Å². The molecule has 0 aliphatic rings. The van der Waals surface area contributed by atoms with Gasteiger partial charge in [0.1, 0.15) is 5.82 Å². The maximum absolute atomic E-state index is 13.1. The van der Waals surface area contributed by atoms with Crippen molar-refractivity contribution in [3.8, 4) is 0 Å². The molecule has 0 radical (unpaired) electrons. The molecule has 30 heavy (non-hydrogen) atoms. The Morgan fingerprint density at radius 3 is 2.10 bits per heavy atom. The van der Waals surface area contributed by atoms with Gasteiger partial charge in [0.2, 0.25) is 5.91 Å². The fourth-order valence-electron chi connectivity index (χ4n) is 2.56. The predicted molar refractivity (Wildman–Crippen MR) is 112 cm³/mol. The summed E-state index contributed by atoms with van der Waals surface area (Å²) >= 11 is 1.11. The zero-order valence-corrected chi connectivity index (χ0v) is 16.5. The molecule has 0 atom stereocenters. The highest BCUT2D eigenvalue weighted by molar-refractivity contribution is 7.99. The first-order chi connectivity index (χ1) is 14.3. The highest BCUT2D eigenvalue weighted by Crippen LogP contribution is 2.35. The summed E-state index contributed by atoms with van der Waals surface area (Å²) in [7, 11) is 0. The van der Waals surface area contributed by atoms with Crippen molar-refractivity contribution in [1.82, 2.24) is 0 Å². The van der Waals surface area contributed by atoms with E-state index >= 15 is 0 Å². The third-order valence-corrected chi connectivity index (χ3v) is 5.00. The predicted octanol–water partition coefficient (Wildman–Crippen LogP) is 5.10. The summed E-state index contributed by atoms with van der Waals surface area (Å²) < 4.78 is 13.1. The van der Waals surface area contributed by atoms with Crippen LogP contribution >= 0.6 is 11.8 Å². The van der Waals surface area contributed by atoms with Crippen LogP contribution in [0.1, 0.15) is 17.3 Å². The van der Waals surface area contributed by atoms with Gasteiger partial charge in [0.25, 0.3) is 11.6 Å². The van der Waals surface area contributed by atoms with Crippen molar-refractivity contribution in [2.24, 2.45) is 0 Å². The fourth-order valence-corrected chi connectivity index (χ4v) is 3.46. The quantitative estimate of drug-likeness (QED) is 0.423. The van der Waals surface area contributed by atoms with E-state index in [4.69, 9.17) is 0 Å².